The van der Waals surface area contributed by atoms with Crippen LogP contribution < -0.4 is 5.32 Å². The molecule has 0 aromatic heterocycles. The van der Waals surface area contributed by atoms with Gasteiger partial charge in [0.2, 0.25) is 0 Å². The van der Waals surface area contributed by atoms with Gasteiger partial charge >= 0.3 is 0 Å². The van der Waals surface area contributed by atoms with Crippen molar-refractivity contribution in [1.29, 1.82) is 0 Å². The highest BCUT2D eigenvalue weighted by atomic mass is 16.3. The number of rotatable bonds is 10. The van der Waals surface area contributed by atoms with Gasteiger partial charge in [-0.05, 0) is 36.6 Å². The molecule has 0 unspecified atom stereocenters. The van der Waals surface area contributed by atoms with Crippen molar-refractivity contribution in [3.05, 3.63) is 0 Å². The van der Waals surface area contributed by atoms with E-state index in [-0.39, 0.29) is 13.2 Å². The van der Waals surface area contributed by atoms with Crippen LogP contribution in [0.2, 0.25) is 0 Å². The van der Waals surface area contributed by atoms with Crippen LogP contribution in [0.5, 0.6) is 0 Å². The first kappa shape index (κ1) is 18.9. The van der Waals surface area contributed by atoms with E-state index in [9.17, 15) is 10.2 Å². The fourth-order valence-electron chi connectivity index (χ4n) is 3.42. The van der Waals surface area contributed by atoms with Crippen LogP contribution in [0.3, 0.4) is 0 Å². The molecule has 0 aromatic rings. The Morgan fingerprint density at radius 1 is 1.14 bits per heavy atom. The van der Waals surface area contributed by atoms with Crippen LogP contribution in [0.25, 0.3) is 0 Å². The summed E-state index contributed by atoms with van der Waals surface area (Å²) in [6.45, 7) is 11.6. The highest BCUT2D eigenvalue weighted by Crippen LogP contribution is 2.39. The van der Waals surface area contributed by atoms with Crippen LogP contribution in [-0.4, -0.2) is 61.1 Å². The Balaban J connectivity index is 2.61. The molecule has 0 heterocycles. The van der Waals surface area contributed by atoms with Gasteiger partial charge in [0.25, 0.3) is 0 Å². The van der Waals surface area contributed by atoms with Crippen molar-refractivity contribution in [3.8, 4) is 0 Å². The maximum absolute atomic E-state index is 9.23. The van der Waals surface area contributed by atoms with E-state index in [0.717, 1.165) is 25.6 Å². The third-order valence-electron chi connectivity index (χ3n) is 4.78. The monoisotopic (exact) mass is 300 g/mol. The van der Waals surface area contributed by atoms with Crippen molar-refractivity contribution < 1.29 is 10.2 Å². The molecule has 0 aliphatic heterocycles. The van der Waals surface area contributed by atoms with E-state index in [1.165, 1.54) is 25.7 Å². The lowest BCUT2D eigenvalue weighted by molar-refractivity contribution is 0.0653. The van der Waals surface area contributed by atoms with Crippen LogP contribution >= 0.6 is 0 Å². The second-order valence-electron chi connectivity index (χ2n) is 7.43. The number of aliphatic hydroxyl groups is 2. The molecule has 1 rings (SSSR count). The molecule has 0 radical (unpaired) electrons. The van der Waals surface area contributed by atoms with Gasteiger partial charge in [0.1, 0.15) is 0 Å². The standard InChI is InChI=1S/C17H36N2O2/c1-15(2)12-18-13-17(6-4-16(3)5-7-17)14-19(8-10-20)9-11-21/h15-16,18,20-21H,4-14H2,1-3H3. The Labute approximate surface area is 130 Å². The van der Waals surface area contributed by atoms with E-state index in [4.69, 9.17) is 0 Å². The highest BCUT2D eigenvalue weighted by molar-refractivity contribution is 4.89. The minimum absolute atomic E-state index is 0.173. The van der Waals surface area contributed by atoms with Gasteiger partial charge in [-0.1, -0.05) is 33.6 Å². The van der Waals surface area contributed by atoms with Gasteiger partial charge in [-0.25, -0.2) is 0 Å². The normalized spacial score (nSPS) is 26.7. The predicted molar refractivity (Wildman–Crippen MR) is 88.4 cm³/mol. The number of hydrogen-bond donors (Lipinski definition) is 3. The summed E-state index contributed by atoms with van der Waals surface area (Å²) in [6, 6.07) is 0. The summed E-state index contributed by atoms with van der Waals surface area (Å²) in [4.78, 5) is 2.23. The van der Waals surface area contributed by atoms with E-state index in [2.05, 4.69) is 31.0 Å². The van der Waals surface area contributed by atoms with Crippen LogP contribution in [0.1, 0.15) is 46.5 Å². The summed E-state index contributed by atoms with van der Waals surface area (Å²) in [7, 11) is 0. The molecular weight excluding hydrogens is 264 g/mol. The zero-order chi connectivity index (χ0) is 15.7. The Bertz CT molecular complexity index is 258. The minimum Gasteiger partial charge on any atom is -0.395 e. The van der Waals surface area contributed by atoms with E-state index in [1.807, 2.05) is 0 Å². The summed E-state index contributed by atoms with van der Waals surface area (Å²) in [5, 5.41) is 22.1. The molecule has 4 nitrogen and oxygen atoms in total. The number of nitrogens with zero attached hydrogens (tertiary/aromatic N) is 1. The molecule has 1 saturated carbocycles. The molecular formula is C17H36N2O2. The lowest BCUT2D eigenvalue weighted by atomic mass is 9.70. The van der Waals surface area contributed by atoms with Gasteiger partial charge in [-0.3, -0.25) is 4.90 Å². The Morgan fingerprint density at radius 2 is 1.71 bits per heavy atom. The molecule has 0 spiro atoms. The fourth-order valence-corrected chi connectivity index (χ4v) is 3.42. The third-order valence-corrected chi connectivity index (χ3v) is 4.78. The zero-order valence-corrected chi connectivity index (χ0v) is 14.3. The second-order valence-corrected chi connectivity index (χ2v) is 7.43. The lowest BCUT2D eigenvalue weighted by Crippen LogP contribution is -2.48. The fraction of sp³-hybridized carbons (Fsp3) is 1.00. The van der Waals surface area contributed by atoms with Crippen molar-refractivity contribution >= 4 is 0 Å². The smallest absolute Gasteiger partial charge is 0.0558 e. The Kier molecular flexibility index (Phi) is 8.79. The highest BCUT2D eigenvalue weighted by Gasteiger charge is 2.35. The summed E-state index contributed by atoms with van der Waals surface area (Å²) in [5.41, 5.74) is 0.311. The van der Waals surface area contributed by atoms with E-state index in [1.54, 1.807) is 0 Å². The van der Waals surface area contributed by atoms with Crippen LogP contribution in [-0.2, 0) is 0 Å². The zero-order valence-electron chi connectivity index (χ0n) is 14.3. The first-order valence-corrected chi connectivity index (χ1v) is 8.66. The van der Waals surface area contributed by atoms with Crippen molar-refractivity contribution in [1.82, 2.24) is 10.2 Å². The summed E-state index contributed by atoms with van der Waals surface area (Å²) >= 11 is 0. The largest absolute Gasteiger partial charge is 0.395 e. The summed E-state index contributed by atoms with van der Waals surface area (Å²) < 4.78 is 0. The van der Waals surface area contributed by atoms with Gasteiger partial charge in [-0.2, -0.15) is 0 Å². The number of nitrogens with one attached hydrogen (secondary N) is 1. The predicted octanol–water partition coefficient (Wildman–Crippen LogP) is 1.72. The molecule has 1 fully saturated rings. The minimum atomic E-state index is 0.173. The summed E-state index contributed by atoms with van der Waals surface area (Å²) in [5.74, 6) is 1.52. The van der Waals surface area contributed by atoms with Gasteiger partial charge in [0.05, 0.1) is 13.2 Å². The van der Waals surface area contributed by atoms with Crippen LogP contribution in [0.15, 0.2) is 0 Å². The van der Waals surface area contributed by atoms with E-state index in [0.29, 0.717) is 24.4 Å². The molecule has 21 heavy (non-hydrogen) atoms. The maximum Gasteiger partial charge on any atom is 0.0558 e. The molecule has 0 atom stereocenters. The molecule has 1 aliphatic carbocycles. The first-order valence-electron chi connectivity index (χ1n) is 8.66. The first-order chi connectivity index (χ1) is 10.0. The molecule has 0 saturated heterocycles. The van der Waals surface area contributed by atoms with Crippen molar-refractivity contribution in [2.45, 2.75) is 46.5 Å². The third kappa shape index (κ3) is 7.09. The Morgan fingerprint density at radius 3 is 2.19 bits per heavy atom. The van der Waals surface area contributed by atoms with Gasteiger partial charge in [0, 0.05) is 26.2 Å². The average Bonchev–Trinajstić information content (AvgIpc) is 2.42. The molecule has 0 amide bonds. The molecule has 0 aromatic carbocycles. The lowest BCUT2D eigenvalue weighted by Gasteiger charge is -2.43. The van der Waals surface area contributed by atoms with Crippen molar-refractivity contribution in [2.24, 2.45) is 17.3 Å². The molecule has 4 heteroatoms. The maximum atomic E-state index is 9.23. The Hall–Kier alpha value is -0.160. The van der Waals surface area contributed by atoms with Gasteiger partial charge in [-0.15, -0.1) is 0 Å². The van der Waals surface area contributed by atoms with Crippen molar-refractivity contribution in [2.75, 3.05) is 45.9 Å². The van der Waals surface area contributed by atoms with E-state index >= 15 is 0 Å². The van der Waals surface area contributed by atoms with Gasteiger partial charge < -0.3 is 15.5 Å². The molecule has 0 bridgehead atoms. The quantitative estimate of drug-likeness (QED) is 0.575. The number of hydrogen-bond acceptors (Lipinski definition) is 4. The molecule has 3 N–H and O–H groups in total. The van der Waals surface area contributed by atoms with Gasteiger partial charge in [0.15, 0.2) is 0 Å². The van der Waals surface area contributed by atoms with Crippen LogP contribution in [0.4, 0.5) is 0 Å². The average molecular weight is 300 g/mol. The second kappa shape index (κ2) is 9.78. The van der Waals surface area contributed by atoms with Crippen molar-refractivity contribution in [3.63, 3.8) is 0 Å². The SMILES string of the molecule is CC(C)CNCC1(CN(CCO)CCO)CCC(C)CC1. The number of aliphatic hydroxyl groups excluding tert-OH is 2. The topological polar surface area (TPSA) is 55.7 Å². The van der Waals surface area contributed by atoms with Crippen LogP contribution in [0, 0.1) is 17.3 Å². The van der Waals surface area contributed by atoms with E-state index < -0.39 is 0 Å². The molecule has 1 aliphatic rings. The molecule has 126 valence electrons. The summed E-state index contributed by atoms with van der Waals surface area (Å²) in [6.07, 6.45) is 5.12.